The molecule has 4 rings (SSSR count). The van der Waals surface area contributed by atoms with Gasteiger partial charge in [0.05, 0.1) is 12.0 Å². The van der Waals surface area contributed by atoms with Crippen LogP contribution >= 0.6 is 11.3 Å². The van der Waals surface area contributed by atoms with Crippen LogP contribution in [0.5, 0.6) is 0 Å². The Kier molecular flexibility index (Phi) is 5.50. The molecular formula is C20H26N6S. The van der Waals surface area contributed by atoms with E-state index < -0.39 is 0 Å². The quantitative estimate of drug-likeness (QED) is 0.703. The Balaban J connectivity index is 1.30. The van der Waals surface area contributed by atoms with E-state index in [1.807, 2.05) is 24.8 Å². The number of piperidine rings is 1. The lowest BCUT2D eigenvalue weighted by atomic mass is 9.92. The van der Waals surface area contributed by atoms with Gasteiger partial charge in [-0.25, -0.2) is 15.0 Å². The van der Waals surface area contributed by atoms with Gasteiger partial charge < -0.3 is 9.88 Å². The van der Waals surface area contributed by atoms with Gasteiger partial charge in [0, 0.05) is 36.6 Å². The Morgan fingerprint density at radius 1 is 1.22 bits per heavy atom. The maximum absolute atomic E-state index is 4.79. The molecule has 0 unspecified atom stereocenters. The van der Waals surface area contributed by atoms with E-state index in [2.05, 4.69) is 50.9 Å². The second-order valence-electron chi connectivity index (χ2n) is 7.33. The first-order valence-electron chi connectivity index (χ1n) is 9.48. The van der Waals surface area contributed by atoms with Crippen LogP contribution in [0.2, 0.25) is 0 Å². The molecule has 0 amide bonds. The molecule has 0 atom stereocenters. The van der Waals surface area contributed by atoms with Gasteiger partial charge >= 0.3 is 0 Å². The van der Waals surface area contributed by atoms with Crippen LogP contribution in [0.1, 0.15) is 29.1 Å². The molecule has 0 aromatic carbocycles. The van der Waals surface area contributed by atoms with Crippen molar-refractivity contribution < 1.29 is 0 Å². The van der Waals surface area contributed by atoms with Crippen LogP contribution in [-0.4, -0.2) is 37.5 Å². The third kappa shape index (κ3) is 4.73. The molecule has 1 aliphatic rings. The van der Waals surface area contributed by atoms with Gasteiger partial charge in [0.2, 0.25) is 0 Å². The second-order valence-corrected chi connectivity index (χ2v) is 8.57. The average Bonchev–Trinajstić information content (AvgIpc) is 3.25. The van der Waals surface area contributed by atoms with Gasteiger partial charge in [-0.15, -0.1) is 11.3 Å². The van der Waals surface area contributed by atoms with Crippen molar-refractivity contribution in [1.82, 2.24) is 24.4 Å². The number of aryl methyl sites for hydroxylation is 2. The molecule has 1 saturated heterocycles. The summed E-state index contributed by atoms with van der Waals surface area (Å²) >= 11 is 1.65. The van der Waals surface area contributed by atoms with Gasteiger partial charge in [-0.1, -0.05) is 6.07 Å². The molecule has 27 heavy (non-hydrogen) atoms. The van der Waals surface area contributed by atoms with Gasteiger partial charge in [-0.05, 0) is 57.3 Å². The van der Waals surface area contributed by atoms with Gasteiger partial charge in [-0.2, -0.15) is 0 Å². The summed E-state index contributed by atoms with van der Waals surface area (Å²) in [5.41, 5.74) is 2.45. The molecule has 0 spiro atoms. The first-order chi connectivity index (χ1) is 13.2. The summed E-state index contributed by atoms with van der Waals surface area (Å²) in [6.07, 6.45) is 9.23. The summed E-state index contributed by atoms with van der Waals surface area (Å²) in [5.74, 6) is 1.59. The minimum absolute atomic E-state index is 0.706. The van der Waals surface area contributed by atoms with Crippen molar-refractivity contribution >= 4 is 22.3 Å². The van der Waals surface area contributed by atoms with Crippen molar-refractivity contribution in [3.8, 4) is 0 Å². The summed E-state index contributed by atoms with van der Waals surface area (Å²) in [4.78, 5) is 17.1. The fourth-order valence-corrected chi connectivity index (χ4v) is 4.27. The number of anilines is 2. The number of imidazole rings is 1. The van der Waals surface area contributed by atoms with Crippen molar-refractivity contribution in [2.75, 3.05) is 18.4 Å². The zero-order chi connectivity index (χ0) is 18.6. The first kappa shape index (κ1) is 18.1. The highest BCUT2D eigenvalue weighted by molar-refractivity contribution is 7.15. The standard InChI is InChI=1S/C20H26N6S/c1-15-11-22-20(27-15)24-19-5-3-4-17(23-19)10-16-6-8-26(9-7-16)13-18-12-21-14-25(18)2/h3-5,11-12,14,16H,6-10,13H2,1-2H3,(H,22,23,24). The van der Waals surface area contributed by atoms with E-state index in [0.717, 1.165) is 37.0 Å². The number of rotatable bonds is 6. The maximum Gasteiger partial charge on any atom is 0.188 e. The number of likely N-dealkylation sites (tertiary alicyclic amines) is 1. The zero-order valence-corrected chi connectivity index (χ0v) is 16.7. The molecule has 3 aromatic rings. The molecule has 6 nitrogen and oxygen atoms in total. The highest BCUT2D eigenvalue weighted by Gasteiger charge is 2.20. The van der Waals surface area contributed by atoms with Crippen LogP contribution in [-0.2, 0) is 20.0 Å². The summed E-state index contributed by atoms with van der Waals surface area (Å²) < 4.78 is 2.11. The molecule has 1 N–H and O–H groups in total. The highest BCUT2D eigenvalue weighted by atomic mass is 32.1. The summed E-state index contributed by atoms with van der Waals surface area (Å²) in [6, 6.07) is 6.24. The SMILES string of the molecule is Cc1cnc(Nc2cccc(CC3CCN(Cc4cncn4C)CC3)n2)s1. The van der Waals surface area contributed by atoms with Crippen molar-refractivity contribution in [2.24, 2.45) is 13.0 Å². The van der Waals surface area contributed by atoms with E-state index in [1.54, 1.807) is 11.3 Å². The molecule has 3 aromatic heterocycles. The summed E-state index contributed by atoms with van der Waals surface area (Å²) in [7, 11) is 2.06. The zero-order valence-electron chi connectivity index (χ0n) is 15.9. The molecule has 1 fully saturated rings. The molecule has 0 aliphatic carbocycles. The van der Waals surface area contributed by atoms with E-state index >= 15 is 0 Å². The maximum atomic E-state index is 4.79. The van der Waals surface area contributed by atoms with Crippen LogP contribution in [0.4, 0.5) is 10.9 Å². The molecule has 0 bridgehead atoms. The predicted molar refractivity (Wildman–Crippen MR) is 109 cm³/mol. The number of hydrogen-bond donors (Lipinski definition) is 1. The molecule has 4 heterocycles. The molecule has 0 radical (unpaired) electrons. The van der Waals surface area contributed by atoms with Gasteiger partial charge in [0.1, 0.15) is 5.82 Å². The molecule has 1 aliphatic heterocycles. The van der Waals surface area contributed by atoms with Crippen LogP contribution in [0.15, 0.2) is 36.9 Å². The number of pyridine rings is 1. The highest BCUT2D eigenvalue weighted by Crippen LogP contribution is 2.24. The smallest absolute Gasteiger partial charge is 0.188 e. The van der Waals surface area contributed by atoms with Crippen molar-refractivity contribution in [1.29, 1.82) is 0 Å². The van der Waals surface area contributed by atoms with Crippen molar-refractivity contribution in [3.05, 3.63) is 53.2 Å². The van der Waals surface area contributed by atoms with Crippen LogP contribution in [0.25, 0.3) is 0 Å². The lowest BCUT2D eigenvalue weighted by Gasteiger charge is -2.31. The lowest BCUT2D eigenvalue weighted by molar-refractivity contribution is 0.173. The van der Waals surface area contributed by atoms with E-state index in [-0.39, 0.29) is 0 Å². The molecule has 142 valence electrons. The minimum Gasteiger partial charge on any atom is -0.337 e. The van der Waals surface area contributed by atoms with Gasteiger partial charge in [-0.3, -0.25) is 4.90 Å². The Morgan fingerprint density at radius 2 is 2.07 bits per heavy atom. The number of thiazole rings is 1. The van der Waals surface area contributed by atoms with Crippen LogP contribution in [0.3, 0.4) is 0 Å². The average molecular weight is 383 g/mol. The molecular weight excluding hydrogens is 356 g/mol. The number of hydrogen-bond acceptors (Lipinski definition) is 6. The lowest BCUT2D eigenvalue weighted by Crippen LogP contribution is -2.34. The van der Waals surface area contributed by atoms with Crippen LogP contribution < -0.4 is 5.32 Å². The third-order valence-electron chi connectivity index (χ3n) is 5.17. The van der Waals surface area contributed by atoms with E-state index in [4.69, 9.17) is 4.98 Å². The predicted octanol–water partition coefficient (Wildman–Crippen LogP) is 3.78. The van der Waals surface area contributed by atoms with Gasteiger partial charge in [0.25, 0.3) is 0 Å². The van der Waals surface area contributed by atoms with E-state index in [9.17, 15) is 0 Å². The van der Waals surface area contributed by atoms with E-state index in [1.165, 1.54) is 29.1 Å². The Morgan fingerprint density at radius 3 is 2.78 bits per heavy atom. The van der Waals surface area contributed by atoms with E-state index in [0.29, 0.717) is 5.92 Å². The Bertz CT molecular complexity index is 878. The molecule has 0 saturated carbocycles. The Labute approximate surface area is 164 Å². The Hall–Kier alpha value is -2.25. The summed E-state index contributed by atoms with van der Waals surface area (Å²) in [5, 5.41) is 4.22. The number of aromatic nitrogens is 4. The first-order valence-corrected chi connectivity index (χ1v) is 10.3. The largest absolute Gasteiger partial charge is 0.337 e. The normalized spacial score (nSPS) is 15.9. The fraction of sp³-hybridized carbons (Fsp3) is 0.450. The third-order valence-corrected chi connectivity index (χ3v) is 6.00. The number of nitrogens with one attached hydrogen (secondary N) is 1. The van der Waals surface area contributed by atoms with Crippen molar-refractivity contribution in [2.45, 2.75) is 32.7 Å². The second kappa shape index (κ2) is 8.19. The monoisotopic (exact) mass is 382 g/mol. The number of nitrogens with zero attached hydrogens (tertiary/aromatic N) is 5. The van der Waals surface area contributed by atoms with Gasteiger partial charge in [0.15, 0.2) is 5.13 Å². The van der Waals surface area contributed by atoms with Crippen LogP contribution in [0, 0.1) is 12.8 Å². The minimum atomic E-state index is 0.706. The van der Waals surface area contributed by atoms with Crippen molar-refractivity contribution in [3.63, 3.8) is 0 Å². The summed E-state index contributed by atoms with van der Waals surface area (Å²) in [6.45, 7) is 5.35. The fourth-order valence-electron chi connectivity index (χ4n) is 3.60. The molecule has 7 heteroatoms. The topological polar surface area (TPSA) is 58.9 Å².